The van der Waals surface area contributed by atoms with Gasteiger partial charge in [-0.25, -0.2) is 0 Å². The summed E-state index contributed by atoms with van der Waals surface area (Å²) in [6.07, 6.45) is 0. The van der Waals surface area contributed by atoms with Crippen molar-refractivity contribution >= 4 is 27.7 Å². The van der Waals surface area contributed by atoms with Gasteiger partial charge in [0, 0.05) is 10.6 Å². The lowest BCUT2D eigenvalue weighted by molar-refractivity contribution is 0.412. The maximum atomic E-state index is 5.22. The van der Waals surface area contributed by atoms with E-state index in [0.717, 1.165) is 21.7 Å². The first-order chi connectivity index (χ1) is 9.22. The fraction of sp³-hybridized carbons (Fsp3) is 0.200. The van der Waals surface area contributed by atoms with E-state index in [1.807, 2.05) is 24.3 Å². The van der Waals surface area contributed by atoms with Gasteiger partial charge in [0.15, 0.2) is 0 Å². The van der Waals surface area contributed by atoms with Crippen molar-refractivity contribution in [2.75, 3.05) is 14.2 Å². The molecule has 2 rings (SSSR count). The molecule has 2 nitrogen and oxygen atoms in total. The van der Waals surface area contributed by atoms with Crippen LogP contribution in [0.1, 0.15) is 5.56 Å². The van der Waals surface area contributed by atoms with E-state index in [1.165, 1.54) is 10.5 Å². The number of hydrogen-bond donors (Lipinski definition) is 0. The molecule has 4 heteroatoms. The third-order valence-corrected chi connectivity index (χ3v) is 4.35. The average molecular weight is 339 g/mol. The summed E-state index contributed by atoms with van der Waals surface area (Å²) in [6, 6.07) is 14.2. The first-order valence-corrected chi connectivity index (χ1v) is 7.60. The van der Waals surface area contributed by atoms with E-state index in [0.29, 0.717) is 0 Å². The van der Waals surface area contributed by atoms with Crippen LogP contribution in [0.5, 0.6) is 11.5 Å². The Hall–Kier alpha value is -1.13. The van der Waals surface area contributed by atoms with Gasteiger partial charge in [-0.1, -0.05) is 12.1 Å². The minimum absolute atomic E-state index is 0.857. The van der Waals surface area contributed by atoms with Gasteiger partial charge >= 0.3 is 0 Å². The maximum absolute atomic E-state index is 5.22. The molecule has 0 bridgehead atoms. The summed E-state index contributed by atoms with van der Waals surface area (Å²) >= 11 is 5.29. The van der Waals surface area contributed by atoms with E-state index >= 15 is 0 Å². The normalized spacial score (nSPS) is 10.3. The number of ether oxygens (including phenoxy) is 2. The SMILES string of the molecule is COc1cccc(SCc2ccc(OC)c(Br)c2)c1. The molecule has 0 spiro atoms. The van der Waals surface area contributed by atoms with Gasteiger partial charge < -0.3 is 9.47 Å². The smallest absolute Gasteiger partial charge is 0.133 e. The van der Waals surface area contributed by atoms with Gasteiger partial charge in [-0.05, 0) is 51.8 Å². The number of rotatable bonds is 5. The molecule has 0 radical (unpaired) electrons. The van der Waals surface area contributed by atoms with Crippen LogP contribution in [0.2, 0.25) is 0 Å². The Bertz CT molecular complexity index is 558. The lowest BCUT2D eigenvalue weighted by atomic mass is 10.2. The first kappa shape index (κ1) is 14.3. The zero-order valence-corrected chi connectivity index (χ0v) is 13.3. The van der Waals surface area contributed by atoms with Crippen molar-refractivity contribution in [3.05, 3.63) is 52.5 Å². The molecule has 2 aromatic rings. The lowest BCUT2D eigenvalue weighted by Gasteiger charge is -2.07. The second kappa shape index (κ2) is 6.87. The van der Waals surface area contributed by atoms with Gasteiger partial charge in [0.2, 0.25) is 0 Å². The standard InChI is InChI=1S/C15H15BrO2S/c1-17-12-4-3-5-13(9-12)19-10-11-6-7-15(18-2)14(16)8-11/h3-9H,10H2,1-2H3. The Morgan fingerprint density at radius 2 is 1.89 bits per heavy atom. The molecule has 0 amide bonds. The Morgan fingerprint density at radius 3 is 2.58 bits per heavy atom. The van der Waals surface area contributed by atoms with Crippen molar-refractivity contribution in [1.29, 1.82) is 0 Å². The zero-order valence-electron chi connectivity index (χ0n) is 10.9. The predicted octanol–water partition coefficient (Wildman–Crippen LogP) is 4.76. The van der Waals surface area contributed by atoms with E-state index in [4.69, 9.17) is 9.47 Å². The first-order valence-electron chi connectivity index (χ1n) is 5.82. The Labute approximate surface area is 126 Å². The molecule has 0 saturated carbocycles. The van der Waals surface area contributed by atoms with Crippen LogP contribution in [0.3, 0.4) is 0 Å². The number of benzene rings is 2. The highest BCUT2D eigenvalue weighted by Crippen LogP contribution is 2.30. The molecule has 100 valence electrons. The minimum Gasteiger partial charge on any atom is -0.497 e. The van der Waals surface area contributed by atoms with Gasteiger partial charge in [-0.15, -0.1) is 11.8 Å². The molecule has 0 aromatic heterocycles. The molecule has 0 aliphatic rings. The number of thioether (sulfide) groups is 1. The van der Waals surface area contributed by atoms with Crippen LogP contribution in [-0.4, -0.2) is 14.2 Å². The van der Waals surface area contributed by atoms with Crippen molar-refractivity contribution in [1.82, 2.24) is 0 Å². The predicted molar refractivity (Wildman–Crippen MR) is 83.2 cm³/mol. The lowest BCUT2D eigenvalue weighted by Crippen LogP contribution is -1.87. The van der Waals surface area contributed by atoms with E-state index in [1.54, 1.807) is 26.0 Å². The van der Waals surface area contributed by atoms with Crippen molar-refractivity contribution in [3.8, 4) is 11.5 Å². The van der Waals surface area contributed by atoms with Crippen molar-refractivity contribution < 1.29 is 9.47 Å². The maximum Gasteiger partial charge on any atom is 0.133 e. The fourth-order valence-electron chi connectivity index (χ4n) is 1.66. The Morgan fingerprint density at radius 1 is 1.05 bits per heavy atom. The molecule has 0 saturated heterocycles. The Balaban J connectivity index is 2.03. The molecule has 0 aliphatic carbocycles. The third kappa shape index (κ3) is 3.91. The Kier molecular flexibility index (Phi) is 5.16. The fourth-order valence-corrected chi connectivity index (χ4v) is 3.13. The quantitative estimate of drug-likeness (QED) is 0.732. The number of halogens is 1. The van der Waals surface area contributed by atoms with E-state index in [-0.39, 0.29) is 0 Å². The summed E-state index contributed by atoms with van der Waals surface area (Å²) in [6.45, 7) is 0. The van der Waals surface area contributed by atoms with Crippen LogP contribution in [0.15, 0.2) is 51.8 Å². The van der Waals surface area contributed by atoms with Crippen LogP contribution in [0, 0.1) is 0 Å². The van der Waals surface area contributed by atoms with Gasteiger partial charge in [-0.2, -0.15) is 0 Å². The highest BCUT2D eigenvalue weighted by molar-refractivity contribution is 9.10. The van der Waals surface area contributed by atoms with E-state index in [2.05, 4.69) is 34.1 Å². The molecule has 0 atom stereocenters. The molecule has 0 fully saturated rings. The van der Waals surface area contributed by atoms with Crippen LogP contribution >= 0.6 is 27.7 Å². The number of hydrogen-bond acceptors (Lipinski definition) is 3. The highest BCUT2D eigenvalue weighted by Gasteiger charge is 2.03. The minimum atomic E-state index is 0.857. The molecule has 0 aliphatic heterocycles. The summed E-state index contributed by atoms with van der Waals surface area (Å²) < 4.78 is 11.4. The molecule has 19 heavy (non-hydrogen) atoms. The summed E-state index contributed by atoms with van der Waals surface area (Å²) in [5.41, 5.74) is 1.25. The van der Waals surface area contributed by atoms with E-state index < -0.39 is 0 Å². The molecular weight excluding hydrogens is 324 g/mol. The van der Waals surface area contributed by atoms with Crippen LogP contribution in [0.25, 0.3) is 0 Å². The van der Waals surface area contributed by atoms with Crippen LogP contribution < -0.4 is 9.47 Å². The van der Waals surface area contributed by atoms with Crippen molar-refractivity contribution in [2.24, 2.45) is 0 Å². The molecule has 2 aromatic carbocycles. The van der Waals surface area contributed by atoms with Crippen molar-refractivity contribution in [2.45, 2.75) is 10.6 Å². The van der Waals surface area contributed by atoms with Gasteiger partial charge in [0.1, 0.15) is 11.5 Å². The summed E-state index contributed by atoms with van der Waals surface area (Å²) in [5.74, 6) is 2.66. The number of methoxy groups -OCH3 is 2. The molecule has 0 unspecified atom stereocenters. The second-order valence-electron chi connectivity index (χ2n) is 3.94. The summed E-state index contributed by atoms with van der Waals surface area (Å²) in [5, 5.41) is 0. The van der Waals surface area contributed by atoms with E-state index in [9.17, 15) is 0 Å². The van der Waals surface area contributed by atoms with Gasteiger partial charge in [0.05, 0.1) is 18.7 Å². The monoisotopic (exact) mass is 338 g/mol. The van der Waals surface area contributed by atoms with Gasteiger partial charge in [-0.3, -0.25) is 0 Å². The summed E-state index contributed by atoms with van der Waals surface area (Å²) in [4.78, 5) is 1.20. The zero-order chi connectivity index (χ0) is 13.7. The third-order valence-electron chi connectivity index (χ3n) is 2.66. The molecule has 0 heterocycles. The highest BCUT2D eigenvalue weighted by atomic mass is 79.9. The summed E-state index contributed by atoms with van der Waals surface area (Å²) in [7, 11) is 3.36. The molecule has 0 N–H and O–H groups in total. The van der Waals surface area contributed by atoms with Crippen LogP contribution in [-0.2, 0) is 5.75 Å². The van der Waals surface area contributed by atoms with Crippen LogP contribution in [0.4, 0.5) is 0 Å². The largest absolute Gasteiger partial charge is 0.497 e. The average Bonchev–Trinajstić information content (AvgIpc) is 2.45. The van der Waals surface area contributed by atoms with Crippen molar-refractivity contribution in [3.63, 3.8) is 0 Å². The van der Waals surface area contributed by atoms with Gasteiger partial charge in [0.25, 0.3) is 0 Å². The second-order valence-corrected chi connectivity index (χ2v) is 5.84. The topological polar surface area (TPSA) is 18.5 Å². The molecular formula is C15H15BrO2S.